The van der Waals surface area contributed by atoms with Crippen LogP contribution < -0.4 is 10.1 Å². The summed E-state index contributed by atoms with van der Waals surface area (Å²) in [6.45, 7) is 0. The first kappa shape index (κ1) is 13.6. The highest BCUT2D eigenvalue weighted by atomic mass is 19.1. The third-order valence-corrected chi connectivity index (χ3v) is 2.70. The molecule has 2 aromatic carbocycles. The van der Waals surface area contributed by atoms with Gasteiger partial charge in [0, 0.05) is 16.8 Å². The molecule has 4 heteroatoms. The number of hydrogen-bond acceptors (Lipinski definition) is 2. The van der Waals surface area contributed by atoms with Crippen molar-refractivity contribution in [3.8, 4) is 18.1 Å². The fourth-order valence-electron chi connectivity index (χ4n) is 1.69. The highest BCUT2D eigenvalue weighted by molar-refractivity contribution is 6.04. The van der Waals surface area contributed by atoms with Crippen LogP contribution in [0.25, 0.3) is 0 Å². The van der Waals surface area contributed by atoms with Crippen LogP contribution in [0.4, 0.5) is 10.1 Å². The van der Waals surface area contributed by atoms with E-state index in [2.05, 4.69) is 11.2 Å². The van der Waals surface area contributed by atoms with Gasteiger partial charge in [-0.15, -0.1) is 6.42 Å². The molecule has 0 aliphatic carbocycles. The van der Waals surface area contributed by atoms with E-state index >= 15 is 0 Å². The van der Waals surface area contributed by atoms with Gasteiger partial charge in [0.1, 0.15) is 0 Å². The molecule has 0 unspecified atom stereocenters. The Balaban J connectivity index is 2.22. The standard InChI is InChI=1S/C16H12FNO2/c1-3-11-5-4-6-13(9-11)18-16(19)12-7-8-14(17)15(10-12)20-2/h1,4-10H,2H3,(H,18,19). The monoisotopic (exact) mass is 269 g/mol. The van der Waals surface area contributed by atoms with E-state index in [-0.39, 0.29) is 11.7 Å². The minimum absolute atomic E-state index is 0.0232. The number of carbonyl (C=O) groups excluding carboxylic acids is 1. The molecule has 0 saturated carbocycles. The second-order valence-electron chi connectivity index (χ2n) is 4.03. The van der Waals surface area contributed by atoms with E-state index in [0.29, 0.717) is 16.8 Å². The maximum atomic E-state index is 13.3. The van der Waals surface area contributed by atoms with E-state index in [0.717, 1.165) is 0 Å². The molecule has 0 bridgehead atoms. The minimum atomic E-state index is -0.515. The summed E-state index contributed by atoms with van der Waals surface area (Å²) in [7, 11) is 1.34. The lowest BCUT2D eigenvalue weighted by molar-refractivity contribution is 0.102. The number of amides is 1. The Morgan fingerprint density at radius 3 is 2.80 bits per heavy atom. The Morgan fingerprint density at radius 1 is 1.30 bits per heavy atom. The van der Waals surface area contributed by atoms with Gasteiger partial charge in [0.05, 0.1) is 7.11 Å². The van der Waals surface area contributed by atoms with Gasteiger partial charge in [-0.3, -0.25) is 4.79 Å². The van der Waals surface area contributed by atoms with Crippen LogP contribution in [0.15, 0.2) is 42.5 Å². The molecule has 2 aromatic rings. The molecule has 0 aliphatic rings. The summed E-state index contributed by atoms with van der Waals surface area (Å²) in [5.41, 5.74) is 1.54. The predicted octanol–water partition coefficient (Wildman–Crippen LogP) is 3.07. The van der Waals surface area contributed by atoms with Crippen LogP contribution in [0.2, 0.25) is 0 Å². The lowest BCUT2D eigenvalue weighted by atomic mass is 10.1. The van der Waals surface area contributed by atoms with Gasteiger partial charge in [-0.05, 0) is 36.4 Å². The summed E-state index contributed by atoms with van der Waals surface area (Å²) in [6, 6.07) is 10.8. The average Bonchev–Trinajstić information content (AvgIpc) is 2.47. The molecule has 0 aromatic heterocycles. The number of terminal acetylenes is 1. The van der Waals surface area contributed by atoms with E-state index in [1.807, 2.05) is 0 Å². The highest BCUT2D eigenvalue weighted by Gasteiger charge is 2.10. The largest absolute Gasteiger partial charge is 0.494 e. The molecule has 3 nitrogen and oxygen atoms in total. The number of nitrogens with one attached hydrogen (secondary N) is 1. The van der Waals surface area contributed by atoms with Crippen molar-refractivity contribution in [3.05, 3.63) is 59.4 Å². The van der Waals surface area contributed by atoms with Gasteiger partial charge in [-0.1, -0.05) is 12.0 Å². The van der Waals surface area contributed by atoms with Crippen LogP contribution in [0.3, 0.4) is 0 Å². The normalized spacial score (nSPS) is 9.65. The second kappa shape index (κ2) is 5.89. The zero-order valence-electron chi connectivity index (χ0n) is 10.8. The van der Waals surface area contributed by atoms with Gasteiger partial charge < -0.3 is 10.1 Å². The van der Waals surface area contributed by atoms with Crippen LogP contribution in [0.1, 0.15) is 15.9 Å². The summed E-state index contributed by atoms with van der Waals surface area (Å²) >= 11 is 0. The molecule has 0 spiro atoms. The number of rotatable bonds is 3. The predicted molar refractivity (Wildman–Crippen MR) is 75.3 cm³/mol. The summed E-state index contributed by atoms with van der Waals surface area (Å²) in [4.78, 5) is 12.1. The van der Waals surface area contributed by atoms with Gasteiger partial charge in [0.15, 0.2) is 11.6 Å². The molecule has 0 radical (unpaired) electrons. The smallest absolute Gasteiger partial charge is 0.255 e. The van der Waals surface area contributed by atoms with Crippen molar-refractivity contribution in [1.29, 1.82) is 0 Å². The number of carbonyl (C=O) groups is 1. The SMILES string of the molecule is C#Cc1cccc(NC(=O)c2ccc(F)c(OC)c2)c1. The molecule has 0 heterocycles. The van der Waals surface area contributed by atoms with Gasteiger partial charge in [0.2, 0.25) is 0 Å². The number of hydrogen-bond donors (Lipinski definition) is 1. The fourth-order valence-corrected chi connectivity index (χ4v) is 1.69. The van der Waals surface area contributed by atoms with Crippen molar-refractivity contribution in [3.63, 3.8) is 0 Å². The lowest BCUT2D eigenvalue weighted by Crippen LogP contribution is -2.12. The van der Waals surface area contributed by atoms with Crippen LogP contribution in [-0.2, 0) is 0 Å². The summed E-state index contributed by atoms with van der Waals surface area (Å²) in [5, 5.41) is 2.69. The minimum Gasteiger partial charge on any atom is -0.494 e. The fraction of sp³-hybridized carbons (Fsp3) is 0.0625. The summed E-state index contributed by atoms with van der Waals surface area (Å²) < 4.78 is 18.1. The number of methoxy groups -OCH3 is 1. The highest BCUT2D eigenvalue weighted by Crippen LogP contribution is 2.19. The Kier molecular flexibility index (Phi) is 4.02. The molecule has 0 atom stereocenters. The third-order valence-electron chi connectivity index (χ3n) is 2.70. The Hall–Kier alpha value is -2.80. The Morgan fingerprint density at radius 2 is 2.10 bits per heavy atom. The van der Waals surface area contributed by atoms with Crippen LogP contribution in [0.5, 0.6) is 5.75 Å². The number of ether oxygens (including phenoxy) is 1. The molecule has 1 N–H and O–H groups in total. The van der Waals surface area contributed by atoms with Crippen molar-refractivity contribution in [2.75, 3.05) is 12.4 Å². The van der Waals surface area contributed by atoms with E-state index in [4.69, 9.17) is 11.2 Å². The Labute approximate surface area is 116 Å². The summed E-state index contributed by atoms with van der Waals surface area (Å²) in [5.74, 6) is 1.63. The molecule has 2 rings (SSSR count). The van der Waals surface area contributed by atoms with Crippen molar-refractivity contribution in [2.24, 2.45) is 0 Å². The number of anilines is 1. The molecule has 0 fully saturated rings. The van der Waals surface area contributed by atoms with Crippen LogP contribution in [-0.4, -0.2) is 13.0 Å². The van der Waals surface area contributed by atoms with Crippen molar-refractivity contribution >= 4 is 11.6 Å². The van der Waals surface area contributed by atoms with Crippen molar-refractivity contribution in [2.45, 2.75) is 0 Å². The molecule has 0 saturated heterocycles. The molecule has 0 aliphatic heterocycles. The molecule has 1 amide bonds. The van der Waals surface area contributed by atoms with E-state index in [1.54, 1.807) is 24.3 Å². The third kappa shape index (κ3) is 2.96. The van der Waals surface area contributed by atoms with Crippen LogP contribution in [0, 0.1) is 18.2 Å². The van der Waals surface area contributed by atoms with Gasteiger partial charge in [-0.25, -0.2) is 4.39 Å². The number of benzene rings is 2. The first-order valence-corrected chi connectivity index (χ1v) is 5.85. The van der Waals surface area contributed by atoms with Gasteiger partial charge >= 0.3 is 0 Å². The zero-order valence-corrected chi connectivity index (χ0v) is 10.8. The van der Waals surface area contributed by atoms with E-state index in [1.165, 1.54) is 25.3 Å². The van der Waals surface area contributed by atoms with Crippen molar-refractivity contribution < 1.29 is 13.9 Å². The maximum absolute atomic E-state index is 13.3. The molecule has 20 heavy (non-hydrogen) atoms. The maximum Gasteiger partial charge on any atom is 0.255 e. The molecule has 100 valence electrons. The average molecular weight is 269 g/mol. The Bertz CT molecular complexity index is 689. The lowest BCUT2D eigenvalue weighted by Gasteiger charge is -2.07. The quantitative estimate of drug-likeness (QED) is 0.870. The second-order valence-corrected chi connectivity index (χ2v) is 4.03. The van der Waals surface area contributed by atoms with E-state index < -0.39 is 5.82 Å². The summed E-state index contributed by atoms with van der Waals surface area (Å²) in [6.07, 6.45) is 5.29. The zero-order chi connectivity index (χ0) is 14.5. The van der Waals surface area contributed by atoms with E-state index in [9.17, 15) is 9.18 Å². The molecular formula is C16H12FNO2. The molecular weight excluding hydrogens is 257 g/mol. The first-order valence-electron chi connectivity index (χ1n) is 5.85. The van der Waals surface area contributed by atoms with Gasteiger partial charge in [0.25, 0.3) is 5.91 Å². The first-order chi connectivity index (χ1) is 9.63. The van der Waals surface area contributed by atoms with Crippen LogP contribution >= 0.6 is 0 Å². The number of halogens is 1. The van der Waals surface area contributed by atoms with Crippen molar-refractivity contribution in [1.82, 2.24) is 0 Å². The van der Waals surface area contributed by atoms with Gasteiger partial charge in [-0.2, -0.15) is 0 Å². The topological polar surface area (TPSA) is 38.3 Å².